The maximum atomic E-state index is 4.47. The second-order valence-electron chi connectivity index (χ2n) is 4.38. The summed E-state index contributed by atoms with van der Waals surface area (Å²) in [5, 5.41) is 1.28. The summed E-state index contributed by atoms with van der Waals surface area (Å²) in [6, 6.07) is 4.25. The first-order valence-electron chi connectivity index (χ1n) is 5.64. The van der Waals surface area contributed by atoms with Gasteiger partial charge in [0.2, 0.25) is 0 Å². The number of hydrogen-bond acceptors (Lipinski definition) is 1. The molecule has 0 amide bonds. The van der Waals surface area contributed by atoms with Crippen molar-refractivity contribution in [2.24, 2.45) is 5.92 Å². The maximum Gasteiger partial charge on any atom is 0.137 e. The van der Waals surface area contributed by atoms with Crippen molar-refractivity contribution in [3.05, 3.63) is 29.6 Å². The number of H-pyrrole nitrogens is 1. The molecule has 15 heavy (non-hydrogen) atoms. The van der Waals surface area contributed by atoms with E-state index in [1.165, 1.54) is 17.4 Å². The van der Waals surface area contributed by atoms with Crippen LogP contribution >= 0.6 is 0 Å². The van der Waals surface area contributed by atoms with E-state index in [1.54, 1.807) is 0 Å². The zero-order valence-corrected chi connectivity index (χ0v) is 9.67. The molecule has 2 rings (SSSR count). The molecule has 1 N–H and O–H groups in total. The molecule has 0 radical (unpaired) electrons. The molecule has 0 aromatic carbocycles. The van der Waals surface area contributed by atoms with Crippen LogP contribution in [0.1, 0.15) is 31.5 Å². The smallest absolute Gasteiger partial charge is 0.137 e. The fraction of sp³-hybridized carbons (Fsp3) is 0.462. The molecule has 2 heteroatoms. The highest BCUT2D eigenvalue weighted by Gasteiger charge is 2.07. The normalized spacial score (nSPS) is 13.3. The third-order valence-electron chi connectivity index (χ3n) is 3.03. The Morgan fingerprint density at radius 1 is 1.40 bits per heavy atom. The van der Waals surface area contributed by atoms with Crippen molar-refractivity contribution in [1.82, 2.24) is 9.97 Å². The lowest BCUT2D eigenvalue weighted by Gasteiger charge is -2.06. The maximum absolute atomic E-state index is 4.47. The summed E-state index contributed by atoms with van der Waals surface area (Å²) >= 11 is 0. The average Bonchev–Trinajstić information content (AvgIpc) is 2.60. The van der Waals surface area contributed by atoms with Crippen LogP contribution in [-0.4, -0.2) is 9.97 Å². The number of rotatable bonds is 3. The van der Waals surface area contributed by atoms with E-state index in [9.17, 15) is 0 Å². The van der Waals surface area contributed by atoms with E-state index in [0.29, 0.717) is 0 Å². The van der Waals surface area contributed by atoms with Gasteiger partial charge in [0.05, 0.1) is 0 Å². The first-order valence-corrected chi connectivity index (χ1v) is 5.64. The van der Waals surface area contributed by atoms with Crippen LogP contribution in [0.3, 0.4) is 0 Å². The van der Waals surface area contributed by atoms with E-state index in [-0.39, 0.29) is 0 Å². The van der Waals surface area contributed by atoms with Crippen molar-refractivity contribution >= 4 is 11.0 Å². The van der Waals surface area contributed by atoms with Gasteiger partial charge in [-0.1, -0.05) is 20.3 Å². The van der Waals surface area contributed by atoms with Gasteiger partial charge in [-0.2, -0.15) is 0 Å². The minimum atomic E-state index is 0.741. The Hall–Kier alpha value is -1.31. The van der Waals surface area contributed by atoms with Crippen LogP contribution in [-0.2, 0) is 6.42 Å². The van der Waals surface area contributed by atoms with Crippen molar-refractivity contribution in [3.63, 3.8) is 0 Å². The monoisotopic (exact) mass is 202 g/mol. The topological polar surface area (TPSA) is 28.7 Å². The van der Waals surface area contributed by atoms with Crippen LogP contribution in [0.25, 0.3) is 11.0 Å². The van der Waals surface area contributed by atoms with Gasteiger partial charge in [0.15, 0.2) is 0 Å². The molecule has 0 bridgehead atoms. The lowest BCUT2D eigenvalue weighted by atomic mass is 9.99. The SMILES string of the molecule is CCC(C)Cc1c[nH]c2nc(C)ccc12. The minimum Gasteiger partial charge on any atom is -0.346 e. The zero-order chi connectivity index (χ0) is 10.8. The Bertz CT molecular complexity index is 457. The second kappa shape index (κ2) is 4.05. The summed E-state index contributed by atoms with van der Waals surface area (Å²) in [5.41, 5.74) is 3.49. The Morgan fingerprint density at radius 2 is 2.20 bits per heavy atom. The molecule has 0 saturated heterocycles. The third kappa shape index (κ3) is 2.04. The standard InChI is InChI=1S/C13H18N2/c1-4-9(2)7-11-8-14-13-12(11)6-5-10(3)15-13/h5-6,8-9H,4,7H2,1-3H3,(H,14,15). The van der Waals surface area contributed by atoms with Crippen molar-refractivity contribution in [2.45, 2.75) is 33.6 Å². The zero-order valence-electron chi connectivity index (χ0n) is 9.67. The molecule has 0 fully saturated rings. The molecule has 2 heterocycles. The van der Waals surface area contributed by atoms with Crippen molar-refractivity contribution in [1.29, 1.82) is 0 Å². The minimum absolute atomic E-state index is 0.741. The predicted molar refractivity (Wildman–Crippen MR) is 64.0 cm³/mol. The van der Waals surface area contributed by atoms with Crippen molar-refractivity contribution in [3.8, 4) is 0 Å². The van der Waals surface area contributed by atoms with E-state index in [0.717, 1.165) is 23.7 Å². The highest BCUT2D eigenvalue weighted by Crippen LogP contribution is 2.20. The fourth-order valence-electron chi connectivity index (χ4n) is 1.85. The molecule has 0 aliphatic rings. The molecule has 2 aromatic heterocycles. The van der Waals surface area contributed by atoms with E-state index in [4.69, 9.17) is 0 Å². The number of aromatic nitrogens is 2. The van der Waals surface area contributed by atoms with Crippen LogP contribution in [0.15, 0.2) is 18.3 Å². The molecule has 0 spiro atoms. The highest BCUT2D eigenvalue weighted by molar-refractivity contribution is 5.79. The van der Waals surface area contributed by atoms with E-state index >= 15 is 0 Å². The Morgan fingerprint density at radius 3 is 2.93 bits per heavy atom. The first-order chi connectivity index (χ1) is 7.20. The number of fused-ring (bicyclic) bond motifs is 1. The summed E-state index contributed by atoms with van der Waals surface area (Å²) in [6.45, 7) is 6.55. The molecule has 0 saturated carbocycles. The molecule has 1 atom stereocenters. The number of nitrogens with one attached hydrogen (secondary N) is 1. The van der Waals surface area contributed by atoms with Gasteiger partial charge in [0.25, 0.3) is 0 Å². The number of hydrogen-bond donors (Lipinski definition) is 1. The number of aryl methyl sites for hydroxylation is 1. The first kappa shape index (κ1) is 10.2. The van der Waals surface area contributed by atoms with Gasteiger partial charge in [-0.05, 0) is 37.0 Å². The lowest BCUT2D eigenvalue weighted by Crippen LogP contribution is -1.96. The Labute approximate surface area is 90.7 Å². The number of aromatic amines is 1. The average molecular weight is 202 g/mol. The van der Waals surface area contributed by atoms with E-state index < -0.39 is 0 Å². The molecule has 80 valence electrons. The second-order valence-corrected chi connectivity index (χ2v) is 4.38. The summed E-state index contributed by atoms with van der Waals surface area (Å²) in [6.07, 6.45) is 4.47. The Balaban J connectivity index is 2.36. The molecular formula is C13H18N2. The Kier molecular flexibility index (Phi) is 2.76. The van der Waals surface area contributed by atoms with Gasteiger partial charge in [-0.3, -0.25) is 0 Å². The van der Waals surface area contributed by atoms with Crippen LogP contribution in [0.2, 0.25) is 0 Å². The number of nitrogens with zero attached hydrogens (tertiary/aromatic N) is 1. The molecule has 0 aliphatic heterocycles. The molecular weight excluding hydrogens is 184 g/mol. The van der Waals surface area contributed by atoms with E-state index in [2.05, 4.69) is 42.1 Å². The molecule has 2 aromatic rings. The van der Waals surface area contributed by atoms with Gasteiger partial charge in [0.1, 0.15) is 5.65 Å². The van der Waals surface area contributed by atoms with Gasteiger partial charge in [0, 0.05) is 17.3 Å². The fourth-order valence-corrected chi connectivity index (χ4v) is 1.85. The summed E-state index contributed by atoms with van der Waals surface area (Å²) < 4.78 is 0. The third-order valence-corrected chi connectivity index (χ3v) is 3.03. The molecule has 0 aliphatic carbocycles. The lowest BCUT2D eigenvalue weighted by molar-refractivity contribution is 0.562. The van der Waals surface area contributed by atoms with Crippen LogP contribution in [0.5, 0.6) is 0 Å². The van der Waals surface area contributed by atoms with Crippen molar-refractivity contribution < 1.29 is 0 Å². The predicted octanol–water partition coefficient (Wildman–Crippen LogP) is 3.46. The molecule has 2 nitrogen and oxygen atoms in total. The quantitative estimate of drug-likeness (QED) is 0.811. The number of pyridine rings is 1. The van der Waals surface area contributed by atoms with E-state index in [1.807, 2.05) is 6.92 Å². The summed E-state index contributed by atoms with van der Waals surface area (Å²) in [7, 11) is 0. The largest absolute Gasteiger partial charge is 0.346 e. The van der Waals surface area contributed by atoms with Crippen LogP contribution in [0, 0.1) is 12.8 Å². The highest BCUT2D eigenvalue weighted by atomic mass is 14.8. The van der Waals surface area contributed by atoms with Gasteiger partial charge < -0.3 is 4.98 Å². The summed E-state index contributed by atoms with van der Waals surface area (Å²) in [5.74, 6) is 0.741. The van der Waals surface area contributed by atoms with Gasteiger partial charge in [-0.15, -0.1) is 0 Å². The van der Waals surface area contributed by atoms with Gasteiger partial charge in [-0.25, -0.2) is 4.98 Å². The van der Waals surface area contributed by atoms with Gasteiger partial charge >= 0.3 is 0 Å². The van der Waals surface area contributed by atoms with Crippen LogP contribution in [0.4, 0.5) is 0 Å². The van der Waals surface area contributed by atoms with Crippen LogP contribution < -0.4 is 0 Å². The summed E-state index contributed by atoms with van der Waals surface area (Å²) in [4.78, 5) is 7.72. The molecule has 1 unspecified atom stereocenters. The van der Waals surface area contributed by atoms with Crippen molar-refractivity contribution in [2.75, 3.05) is 0 Å².